The van der Waals surface area contributed by atoms with Gasteiger partial charge in [0.25, 0.3) is 0 Å². The molecule has 0 fully saturated rings. The Balaban J connectivity index is 2.05. The average molecular weight is 321 g/mol. The molecule has 0 aliphatic heterocycles. The van der Waals surface area contributed by atoms with Crippen LogP contribution in [-0.2, 0) is 13.6 Å². The van der Waals surface area contributed by atoms with Gasteiger partial charge in [-0.3, -0.25) is 0 Å². The zero-order valence-electron chi connectivity index (χ0n) is 14.0. The van der Waals surface area contributed by atoms with Gasteiger partial charge in [-0.15, -0.1) is 0 Å². The first-order valence-corrected chi connectivity index (χ1v) is 7.68. The van der Waals surface area contributed by atoms with E-state index in [0.717, 1.165) is 11.3 Å². The Hall–Kier alpha value is -1.92. The minimum Gasteiger partial charge on any atom is -0.481 e. The van der Waals surface area contributed by atoms with Gasteiger partial charge >= 0.3 is 0 Å². The van der Waals surface area contributed by atoms with Crippen LogP contribution in [0, 0.1) is 5.82 Å². The van der Waals surface area contributed by atoms with E-state index in [2.05, 4.69) is 24.3 Å². The molecular weight excluding hydrogens is 297 g/mol. The van der Waals surface area contributed by atoms with Gasteiger partial charge in [0.2, 0.25) is 5.88 Å². The zero-order chi connectivity index (χ0) is 17.0. The SMILES string of the molecule is COc1c(CNC[C@@H](O)c2ccccc2F)c(C(C)C)nn1C. The van der Waals surface area contributed by atoms with Crippen LogP contribution >= 0.6 is 0 Å². The second kappa shape index (κ2) is 7.57. The van der Waals surface area contributed by atoms with Crippen LogP contribution in [0.15, 0.2) is 24.3 Å². The van der Waals surface area contributed by atoms with E-state index in [0.29, 0.717) is 18.0 Å². The largest absolute Gasteiger partial charge is 0.481 e. The molecule has 0 spiro atoms. The fraction of sp³-hybridized carbons (Fsp3) is 0.471. The van der Waals surface area contributed by atoms with Gasteiger partial charge < -0.3 is 15.2 Å². The topological polar surface area (TPSA) is 59.3 Å². The maximum Gasteiger partial charge on any atom is 0.216 e. The zero-order valence-corrected chi connectivity index (χ0v) is 14.0. The lowest BCUT2D eigenvalue weighted by molar-refractivity contribution is 0.169. The van der Waals surface area contributed by atoms with Gasteiger partial charge in [0, 0.05) is 25.7 Å². The summed E-state index contributed by atoms with van der Waals surface area (Å²) in [5.74, 6) is 0.559. The number of aromatic nitrogens is 2. The third kappa shape index (κ3) is 3.89. The highest BCUT2D eigenvalue weighted by Gasteiger charge is 2.19. The summed E-state index contributed by atoms with van der Waals surface area (Å²) < 4.78 is 20.8. The predicted molar refractivity (Wildman–Crippen MR) is 86.9 cm³/mol. The molecule has 2 aromatic rings. The Labute approximate surface area is 136 Å². The number of halogens is 1. The van der Waals surface area contributed by atoms with E-state index in [1.54, 1.807) is 30.0 Å². The van der Waals surface area contributed by atoms with Gasteiger partial charge in [-0.25, -0.2) is 9.07 Å². The van der Waals surface area contributed by atoms with E-state index >= 15 is 0 Å². The van der Waals surface area contributed by atoms with Crippen LogP contribution in [0.25, 0.3) is 0 Å². The minimum atomic E-state index is -0.902. The molecular formula is C17H24FN3O2. The van der Waals surface area contributed by atoms with Gasteiger partial charge in [-0.2, -0.15) is 5.10 Å². The van der Waals surface area contributed by atoms with E-state index in [4.69, 9.17) is 4.74 Å². The van der Waals surface area contributed by atoms with Crippen molar-refractivity contribution >= 4 is 0 Å². The number of rotatable bonds is 7. The monoisotopic (exact) mass is 321 g/mol. The third-order valence-corrected chi connectivity index (χ3v) is 3.76. The van der Waals surface area contributed by atoms with Crippen molar-refractivity contribution in [2.75, 3.05) is 13.7 Å². The van der Waals surface area contributed by atoms with Crippen LogP contribution in [0.4, 0.5) is 4.39 Å². The molecule has 1 aromatic heterocycles. The lowest BCUT2D eigenvalue weighted by Gasteiger charge is -2.14. The second-order valence-electron chi connectivity index (χ2n) is 5.82. The first-order valence-electron chi connectivity index (χ1n) is 7.68. The maximum absolute atomic E-state index is 13.7. The molecule has 1 atom stereocenters. The Morgan fingerprint density at radius 1 is 1.35 bits per heavy atom. The number of aryl methyl sites for hydroxylation is 1. The first-order chi connectivity index (χ1) is 11.0. The average Bonchev–Trinajstić information content (AvgIpc) is 2.83. The maximum atomic E-state index is 13.7. The molecule has 2 N–H and O–H groups in total. The van der Waals surface area contributed by atoms with E-state index in [1.807, 2.05) is 7.05 Å². The highest BCUT2D eigenvalue weighted by atomic mass is 19.1. The van der Waals surface area contributed by atoms with Crippen molar-refractivity contribution in [3.8, 4) is 5.88 Å². The number of benzene rings is 1. The van der Waals surface area contributed by atoms with Crippen LogP contribution in [-0.4, -0.2) is 28.5 Å². The summed E-state index contributed by atoms with van der Waals surface area (Å²) >= 11 is 0. The normalized spacial score (nSPS) is 12.7. The number of methoxy groups -OCH3 is 1. The highest BCUT2D eigenvalue weighted by molar-refractivity contribution is 5.33. The number of hydrogen-bond donors (Lipinski definition) is 2. The van der Waals surface area contributed by atoms with Gasteiger partial charge in [0.1, 0.15) is 5.82 Å². The van der Waals surface area contributed by atoms with E-state index in [9.17, 15) is 9.50 Å². The van der Waals surface area contributed by atoms with Gasteiger partial charge in [0.15, 0.2) is 0 Å². The first kappa shape index (κ1) is 17.4. The summed E-state index contributed by atoms with van der Waals surface area (Å²) in [7, 11) is 3.45. The van der Waals surface area contributed by atoms with Crippen LogP contribution in [0.5, 0.6) is 5.88 Å². The Morgan fingerprint density at radius 2 is 2.04 bits per heavy atom. The molecule has 2 rings (SSSR count). The lowest BCUT2D eigenvalue weighted by Crippen LogP contribution is -2.22. The molecule has 0 aliphatic carbocycles. The molecule has 0 radical (unpaired) electrons. The van der Waals surface area contributed by atoms with Crippen molar-refractivity contribution in [2.45, 2.75) is 32.4 Å². The number of nitrogens with one attached hydrogen (secondary N) is 1. The second-order valence-corrected chi connectivity index (χ2v) is 5.82. The van der Waals surface area contributed by atoms with Gasteiger partial charge in [-0.1, -0.05) is 32.0 Å². The summed E-state index contributed by atoms with van der Waals surface area (Å²) in [6.45, 7) is 4.88. The number of hydrogen-bond acceptors (Lipinski definition) is 4. The van der Waals surface area contributed by atoms with Crippen molar-refractivity contribution in [1.29, 1.82) is 0 Å². The molecule has 0 saturated carbocycles. The van der Waals surface area contributed by atoms with E-state index < -0.39 is 11.9 Å². The number of aliphatic hydroxyl groups excluding tert-OH is 1. The molecule has 126 valence electrons. The Morgan fingerprint density at radius 3 is 2.65 bits per heavy atom. The summed E-state index contributed by atoms with van der Waals surface area (Å²) in [6, 6.07) is 6.25. The molecule has 0 saturated heterocycles. The fourth-order valence-corrected chi connectivity index (χ4v) is 2.65. The number of aliphatic hydroxyl groups is 1. The van der Waals surface area contributed by atoms with Crippen LogP contribution < -0.4 is 10.1 Å². The fourth-order valence-electron chi connectivity index (χ4n) is 2.65. The van der Waals surface area contributed by atoms with Crippen molar-refractivity contribution in [1.82, 2.24) is 15.1 Å². The number of nitrogens with zero attached hydrogens (tertiary/aromatic N) is 2. The van der Waals surface area contributed by atoms with Gasteiger partial charge in [-0.05, 0) is 12.0 Å². The third-order valence-electron chi connectivity index (χ3n) is 3.76. The van der Waals surface area contributed by atoms with Crippen molar-refractivity contribution in [3.63, 3.8) is 0 Å². The Kier molecular flexibility index (Phi) is 5.74. The quantitative estimate of drug-likeness (QED) is 0.823. The van der Waals surface area contributed by atoms with E-state index in [1.165, 1.54) is 6.07 Å². The van der Waals surface area contributed by atoms with E-state index in [-0.39, 0.29) is 12.5 Å². The van der Waals surface area contributed by atoms with Crippen LogP contribution in [0.3, 0.4) is 0 Å². The van der Waals surface area contributed by atoms with Crippen LogP contribution in [0.2, 0.25) is 0 Å². The molecule has 23 heavy (non-hydrogen) atoms. The molecule has 1 heterocycles. The minimum absolute atomic E-state index is 0.247. The Bertz CT molecular complexity index is 655. The number of ether oxygens (including phenoxy) is 1. The summed E-state index contributed by atoms with van der Waals surface area (Å²) in [4.78, 5) is 0. The van der Waals surface area contributed by atoms with Crippen molar-refractivity contribution < 1.29 is 14.2 Å². The highest BCUT2D eigenvalue weighted by Crippen LogP contribution is 2.27. The molecule has 6 heteroatoms. The summed E-state index contributed by atoms with van der Waals surface area (Å²) in [6.07, 6.45) is -0.902. The molecule has 0 aliphatic rings. The smallest absolute Gasteiger partial charge is 0.216 e. The lowest BCUT2D eigenvalue weighted by atomic mass is 10.1. The molecule has 1 aromatic carbocycles. The molecule has 0 amide bonds. The van der Waals surface area contributed by atoms with Crippen molar-refractivity contribution in [3.05, 3.63) is 46.9 Å². The summed E-state index contributed by atoms with van der Waals surface area (Å²) in [5.41, 5.74) is 2.21. The molecule has 0 bridgehead atoms. The van der Waals surface area contributed by atoms with Gasteiger partial charge in [0.05, 0.1) is 24.5 Å². The summed E-state index contributed by atoms with van der Waals surface area (Å²) in [5, 5.41) is 17.8. The van der Waals surface area contributed by atoms with Crippen LogP contribution in [0.1, 0.15) is 42.7 Å². The molecule has 0 unspecified atom stereocenters. The standard InChI is InChI=1S/C17H24FN3O2/c1-11(2)16-13(17(23-4)21(3)20-16)9-19-10-15(22)12-7-5-6-8-14(12)18/h5-8,11,15,19,22H,9-10H2,1-4H3/t15-/m1/s1. The predicted octanol–water partition coefficient (Wildman–Crippen LogP) is 2.51. The van der Waals surface area contributed by atoms with Crippen molar-refractivity contribution in [2.24, 2.45) is 7.05 Å². The molecule has 5 nitrogen and oxygen atoms in total.